The minimum Gasteiger partial charge on any atom is -0.350 e. The highest BCUT2D eigenvalue weighted by Crippen LogP contribution is 2.32. The second-order valence-electron chi connectivity index (χ2n) is 9.11. The number of nitrogens with one attached hydrogen (secondary N) is 2. The van der Waals surface area contributed by atoms with Gasteiger partial charge in [-0.3, -0.25) is 9.59 Å². The van der Waals surface area contributed by atoms with Crippen LogP contribution in [0.25, 0.3) is 0 Å². The summed E-state index contributed by atoms with van der Waals surface area (Å²) < 4.78 is 0. The van der Waals surface area contributed by atoms with Crippen molar-refractivity contribution in [2.24, 2.45) is 5.92 Å². The van der Waals surface area contributed by atoms with Gasteiger partial charge in [0.1, 0.15) is 0 Å². The van der Waals surface area contributed by atoms with Crippen LogP contribution in [0.5, 0.6) is 0 Å². The molecule has 2 heterocycles. The van der Waals surface area contributed by atoms with E-state index in [0.29, 0.717) is 12.5 Å². The molecule has 4 rings (SSSR count). The molecule has 158 valence electrons. The van der Waals surface area contributed by atoms with Gasteiger partial charge in [0.15, 0.2) is 0 Å². The van der Waals surface area contributed by atoms with Crippen LogP contribution >= 0.6 is 0 Å². The molecule has 1 saturated carbocycles. The zero-order valence-electron chi connectivity index (χ0n) is 17.7. The monoisotopic (exact) mass is 397 g/mol. The average molecular weight is 398 g/mol. The summed E-state index contributed by atoms with van der Waals surface area (Å²) in [5.41, 5.74) is 2.62. The summed E-state index contributed by atoms with van der Waals surface area (Å²) in [5.74, 6) is 0.865. The minimum atomic E-state index is -0.0711. The van der Waals surface area contributed by atoms with Crippen molar-refractivity contribution in [3.63, 3.8) is 0 Å². The van der Waals surface area contributed by atoms with Crippen molar-refractivity contribution in [3.05, 3.63) is 35.4 Å². The fourth-order valence-corrected chi connectivity index (χ4v) is 5.29. The first kappa shape index (κ1) is 20.4. The molecule has 5 heteroatoms. The summed E-state index contributed by atoms with van der Waals surface area (Å²) in [4.78, 5) is 27.9. The highest BCUT2D eigenvalue weighted by Gasteiger charge is 2.36. The molecule has 0 bridgehead atoms. The lowest BCUT2D eigenvalue weighted by Gasteiger charge is -2.40. The molecule has 0 spiro atoms. The first-order valence-corrected chi connectivity index (χ1v) is 11.6. The fraction of sp³-hybridized carbons (Fsp3) is 0.667. The Morgan fingerprint density at radius 1 is 1.07 bits per heavy atom. The summed E-state index contributed by atoms with van der Waals surface area (Å²) in [7, 11) is 0. The van der Waals surface area contributed by atoms with Gasteiger partial charge in [-0.1, -0.05) is 44.0 Å². The van der Waals surface area contributed by atoms with Gasteiger partial charge in [0.2, 0.25) is 11.8 Å². The quantitative estimate of drug-likeness (QED) is 0.803. The molecule has 3 fully saturated rings. The van der Waals surface area contributed by atoms with Gasteiger partial charge >= 0.3 is 0 Å². The summed E-state index contributed by atoms with van der Waals surface area (Å²) in [6.45, 7) is 4.51. The average Bonchev–Trinajstić information content (AvgIpc) is 3.47. The number of carbonyl (C=O) groups excluding carboxylic acids is 2. The lowest BCUT2D eigenvalue weighted by Crippen LogP contribution is -2.55. The number of aryl methyl sites for hydroxylation is 1. The third-order valence-electron chi connectivity index (χ3n) is 7.05. The Kier molecular flexibility index (Phi) is 6.53. The van der Waals surface area contributed by atoms with E-state index in [1.165, 1.54) is 24.0 Å². The van der Waals surface area contributed by atoms with Crippen molar-refractivity contribution >= 4 is 11.8 Å². The third kappa shape index (κ3) is 4.82. The Balaban J connectivity index is 1.48. The molecule has 0 aromatic heterocycles. The summed E-state index contributed by atoms with van der Waals surface area (Å²) in [6.07, 6.45) is 8.27. The van der Waals surface area contributed by atoms with Crippen molar-refractivity contribution < 1.29 is 9.59 Å². The maximum Gasteiger partial charge on any atom is 0.237 e. The van der Waals surface area contributed by atoms with Crippen molar-refractivity contribution in [2.75, 3.05) is 19.6 Å². The predicted octanol–water partition coefficient (Wildman–Crippen LogP) is 2.99. The SMILES string of the molecule is CCc1ccc(C2CC(NC(=O)C3CCCN3)CN(C(=O)C3CCCC3)C2)cc1. The number of likely N-dealkylation sites (tertiary alicyclic amines) is 1. The smallest absolute Gasteiger partial charge is 0.237 e. The number of nitrogens with zero attached hydrogens (tertiary/aromatic N) is 1. The number of hydrogen-bond acceptors (Lipinski definition) is 3. The number of rotatable bonds is 5. The van der Waals surface area contributed by atoms with Crippen molar-refractivity contribution in [1.82, 2.24) is 15.5 Å². The van der Waals surface area contributed by atoms with Gasteiger partial charge in [-0.15, -0.1) is 0 Å². The molecule has 3 aliphatic rings. The molecule has 5 nitrogen and oxygen atoms in total. The molecule has 29 heavy (non-hydrogen) atoms. The predicted molar refractivity (Wildman–Crippen MR) is 115 cm³/mol. The van der Waals surface area contributed by atoms with Crippen LogP contribution in [0, 0.1) is 5.92 Å². The van der Waals surface area contributed by atoms with Gasteiger partial charge in [-0.25, -0.2) is 0 Å². The standard InChI is InChI=1S/C24H35N3O2/c1-2-17-9-11-18(12-10-17)20-14-21(26-23(28)22-8-5-13-25-22)16-27(15-20)24(29)19-6-3-4-7-19/h9-12,19-22,25H,2-8,13-16H2,1H3,(H,26,28). The largest absolute Gasteiger partial charge is 0.350 e. The van der Waals surface area contributed by atoms with Crippen LogP contribution in [0.15, 0.2) is 24.3 Å². The van der Waals surface area contributed by atoms with Crippen LogP contribution in [0.1, 0.15) is 68.9 Å². The summed E-state index contributed by atoms with van der Waals surface area (Å²) in [6, 6.07) is 8.78. The topological polar surface area (TPSA) is 61.4 Å². The van der Waals surface area contributed by atoms with Gasteiger partial charge in [0.25, 0.3) is 0 Å². The van der Waals surface area contributed by atoms with E-state index < -0.39 is 0 Å². The van der Waals surface area contributed by atoms with Gasteiger partial charge in [0, 0.05) is 31.0 Å². The second-order valence-corrected chi connectivity index (χ2v) is 9.11. The van der Waals surface area contributed by atoms with Crippen LogP contribution in [-0.2, 0) is 16.0 Å². The van der Waals surface area contributed by atoms with E-state index in [0.717, 1.165) is 51.6 Å². The van der Waals surface area contributed by atoms with Gasteiger partial charge in [-0.2, -0.15) is 0 Å². The molecule has 3 atom stereocenters. The number of benzene rings is 1. The lowest BCUT2D eigenvalue weighted by molar-refractivity contribution is -0.138. The Morgan fingerprint density at radius 3 is 2.48 bits per heavy atom. The summed E-state index contributed by atoms with van der Waals surface area (Å²) in [5, 5.41) is 6.55. The Morgan fingerprint density at radius 2 is 1.83 bits per heavy atom. The van der Waals surface area contributed by atoms with E-state index in [2.05, 4.69) is 41.8 Å². The zero-order chi connectivity index (χ0) is 20.2. The van der Waals surface area contributed by atoms with E-state index in [9.17, 15) is 9.59 Å². The molecule has 0 radical (unpaired) electrons. The van der Waals surface area contributed by atoms with Crippen LogP contribution in [0.3, 0.4) is 0 Å². The molecule has 2 aliphatic heterocycles. The number of hydrogen-bond donors (Lipinski definition) is 2. The van der Waals surface area contributed by atoms with Gasteiger partial charge in [0.05, 0.1) is 6.04 Å². The van der Waals surface area contributed by atoms with E-state index in [4.69, 9.17) is 0 Å². The summed E-state index contributed by atoms with van der Waals surface area (Å²) >= 11 is 0. The maximum absolute atomic E-state index is 13.2. The van der Waals surface area contributed by atoms with Crippen LogP contribution in [0.2, 0.25) is 0 Å². The third-order valence-corrected chi connectivity index (χ3v) is 7.05. The van der Waals surface area contributed by atoms with Gasteiger partial charge < -0.3 is 15.5 Å². The Labute approximate surface area is 174 Å². The fourth-order valence-electron chi connectivity index (χ4n) is 5.29. The molecular formula is C24H35N3O2. The highest BCUT2D eigenvalue weighted by molar-refractivity contribution is 5.83. The molecule has 1 aromatic rings. The van der Waals surface area contributed by atoms with E-state index in [-0.39, 0.29) is 29.8 Å². The van der Waals surface area contributed by atoms with Crippen molar-refractivity contribution in [1.29, 1.82) is 0 Å². The minimum absolute atomic E-state index is 0.0276. The maximum atomic E-state index is 13.2. The van der Waals surface area contributed by atoms with Crippen molar-refractivity contribution in [3.8, 4) is 0 Å². The normalized spacial score (nSPS) is 27.9. The number of amides is 2. The highest BCUT2D eigenvalue weighted by atomic mass is 16.2. The van der Waals surface area contributed by atoms with E-state index >= 15 is 0 Å². The molecule has 2 saturated heterocycles. The van der Waals surface area contributed by atoms with Crippen LogP contribution in [-0.4, -0.2) is 48.4 Å². The van der Waals surface area contributed by atoms with E-state index in [1.54, 1.807) is 0 Å². The van der Waals surface area contributed by atoms with Crippen LogP contribution in [0.4, 0.5) is 0 Å². The molecule has 3 unspecified atom stereocenters. The zero-order valence-corrected chi connectivity index (χ0v) is 17.7. The van der Waals surface area contributed by atoms with Crippen molar-refractivity contribution in [2.45, 2.75) is 76.3 Å². The second kappa shape index (κ2) is 9.29. The molecular weight excluding hydrogens is 362 g/mol. The Bertz CT molecular complexity index is 705. The van der Waals surface area contributed by atoms with Gasteiger partial charge in [-0.05, 0) is 56.2 Å². The van der Waals surface area contributed by atoms with E-state index in [1.807, 2.05) is 4.90 Å². The molecule has 1 aliphatic carbocycles. The first-order valence-electron chi connectivity index (χ1n) is 11.6. The molecule has 2 amide bonds. The number of piperidine rings is 1. The molecule has 2 N–H and O–H groups in total. The Hall–Kier alpha value is -1.88. The van der Waals surface area contributed by atoms with Crippen LogP contribution < -0.4 is 10.6 Å². The number of carbonyl (C=O) groups is 2. The first-order chi connectivity index (χ1) is 14.1. The lowest BCUT2D eigenvalue weighted by atomic mass is 9.86. The molecule has 1 aromatic carbocycles.